The van der Waals surface area contributed by atoms with Gasteiger partial charge in [0, 0.05) is 31.7 Å². The van der Waals surface area contributed by atoms with Crippen LogP contribution in [-0.2, 0) is 13.5 Å². The topological polar surface area (TPSA) is 60.2 Å². The van der Waals surface area contributed by atoms with E-state index in [4.69, 9.17) is 9.72 Å². The molecule has 1 aromatic carbocycles. The van der Waals surface area contributed by atoms with Gasteiger partial charge >= 0.3 is 0 Å². The first-order valence-electron chi connectivity index (χ1n) is 12.4. The van der Waals surface area contributed by atoms with E-state index in [0.29, 0.717) is 18.4 Å². The smallest absolute Gasteiger partial charge is 0.254 e. The van der Waals surface area contributed by atoms with Gasteiger partial charge in [0.2, 0.25) is 0 Å². The highest BCUT2D eigenvalue weighted by Gasteiger charge is 2.31. The molecule has 2 aliphatic rings. The Labute approximate surface area is 195 Å². The predicted octanol–water partition coefficient (Wildman–Crippen LogP) is 5.04. The van der Waals surface area contributed by atoms with Crippen molar-refractivity contribution >= 4 is 16.9 Å². The fraction of sp³-hybridized carbons (Fsp3) is 0.519. The molecule has 0 unspecified atom stereocenters. The standard InChI is InChI=1S/C27H34N4O2/c1-4-33-22-11-7-19(8-12-22)5-6-20-13-15-31(16-14-20)27(32)23-17-24(21-9-10-21)28-26-25(23)18(2)29-30(26)3/h7-8,11-12,17,20-21H,4-6,9-10,13-16H2,1-3H3. The lowest BCUT2D eigenvalue weighted by atomic mass is 9.90. The van der Waals surface area contributed by atoms with Gasteiger partial charge in [-0.05, 0) is 82.1 Å². The third-order valence-electron chi connectivity index (χ3n) is 7.19. The first-order chi connectivity index (χ1) is 16.0. The number of fused-ring (bicyclic) bond motifs is 1. The largest absolute Gasteiger partial charge is 0.494 e. The molecule has 2 aromatic heterocycles. The van der Waals surface area contributed by atoms with E-state index in [0.717, 1.165) is 66.1 Å². The van der Waals surface area contributed by atoms with Crippen molar-refractivity contribution in [3.63, 3.8) is 0 Å². The summed E-state index contributed by atoms with van der Waals surface area (Å²) < 4.78 is 7.36. The lowest BCUT2D eigenvalue weighted by molar-refractivity contribution is 0.0688. The minimum Gasteiger partial charge on any atom is -0.494 e. The van der Waals surface area contributed by atoms with Crippen molar-refractivity contribution in [1.82, 2.24) is 19.7 Å². The first kappa shape index (κ1) is 21.9. The van der Waals surface area contributed by atoms with Crippen molar-refractivity contribution < 1.29 is 9.53 Å². The van der Waals surface area contributed by atoms with Crippen LogP contribution < -0.4 is 4.74 Å². The zero-order chi connectivity index (χ0) is 22.9. The molecule has 0 spiro atoms. The fourth-order valence-corrected chi connectivity index (χ4v) is 5.11. The predicted molar refractivity (Wildman–Crippen MR) is 130 cm³/mol. The number of hydrogen-bond acceptors (Lipinski definition) is 4. The quantitative estimate of drug-likeness (QED) is 0.510. The van der Waals surface area contributed by atoms with E-state index in [1.165, 1.54) is 24.8 Å². The summed E-state index contributed by atoms with van der Waals surface area (Å²) in [5, 5.41) is 5.48. The van der Waals surface area contributed by atoms with Gasteiger partial charge in [0.25, 0.3) is 5.91 Å². The number of aromatic nitrogens is 3. The van der Waals surface area contributed by atoms with E-state index in [1.807, 2.05) is 30.5 Å². The number of carbonyl (C=O) groups excluding carboxylic acids is 1. The van der Waals surface area contributed by atoms with E-state index in [1.54, 1.807) is 0 Å². The third-order valence-corrected chi connectivity index (χ3v) is 7.19. The molecular weight excluding hydrogens is 412 g/mol. The summed E-state index contributed by atoms with van der Waals surface area (Å²) in [6.07, 6.45) is 6.72. The van der Waals surface area contributed by atoms with Crippen molar-refractivity contribution in [2.45, 2.75) is 58.3 Å². The van der Waals surface area contributed by atoms with Crippen molar-refractivity contribution in [3.05, 3.63) is 52.8 Å². The van der Waals surface area contributed by atoms with E-state index in [9.17, 15) is 4.79 Å². The molecule has 1 saturated carbocycles. The van der Waals surface area contributed by atoms with E-state index in [2.05, 4.69) is 35.4 Å². The molecule has 3 heterocycles. The van der Waals surface area contributed by atoms with Crippen LogP contribution in [0.15, 0.2) is 30.3 Å². The second-order valence-corrected chi connectivity index (χ2v) is 9.63. The first-order valence-corrected chi connectivity index (χ1v) is 12.4. The van der Waals surface area contributed by atoms with Crippen LogP contribution in [0.1, 0.15) is 72.3 Å². The van der Waals surface area contributed by atoms with Gasteiger partial charge in [-0.1, -0.05) is 12.1 Å². The Hall–Kier alpha value is -2.89. The van der Waals surface area contributed by atoms with Gasteiger partial charge in [0.05, 0.1) is 23.3 Å². The van der Waals surface area contributed by atoms with Crippen LogP contribution in [0.4, 0.5) is 0 Å². The molecule has 0 N–H and O–H groups in total. The van der Waals surface area contributed by atoms with Crippen LogP contribution in [0.2, 0.25) is 0 Å². The zero-order valence-corrected chi connectivity index (χ0v) is 20.0. The number of carbonyl (C=O) groups is 1. The number of aryl methyl sites for hydroxylation is 3. The summed E-state index contributed by atoms with van der Waals surface area (Å²) in [6, 6.07) is 10.5. The van der Waals surface area contributed by atoms with Crippen LogP contribution in [0, 0.1) is 12.8 Å². The number of nitrogens with zero attached hydrogens (tertiary/aromatic N) is 4. The molecule has 0 atom stereocenters. The summed E-state index contributed by atoms with van der Waals surface area (Å²) >= 11 is 0. The summed E-state index contributed by atoms with van der Waals surface area (Å²) in [4.78, 5) is 20.5. The molecule has 1 aliphatic heterocycles. The van der Waals surface area contributed by atoms with Crippen molar-refractivity contribution in [1.29, 1.82) is 0 Å². The molecule has 6 nitrogen and oxygen atoms in total. The SMILES string of the molecule is CCOc1ccc(CCC2CCN(C(=O)c3cc(C4CC4)nc4c3c(C)nn4C)CC2)cc1. The number of amides is 1. The molecule has 0 bridgehead atoms. The summed E-state index contributed by atoms with van der Waals surface area (Å²) in [5.41, 5.74) is 4.93. The lowest BCUT2D eigenvalue weighted by Gasteiger charge is -2.32. The van der Waals surface area contributed by atoms with Gasteiger partial charge in [0.1, 0.15) is 5.75 Å². The van der Waals surface area contributed by atoms with Crippen LogP contribution >= 0.6 is 0 Å². The van der Waals surface area contributed by atoms with Gasteiger partial charge in [0.15, 0.2) is 5.65 Å². The van der Waals surface area contributed by atoms with Gasteiger partial charge < -0.3 is 9.64 Å². The number of piperidine rings is 1. The van der Waals surface area contributed by atoms with Crippen LogP contribution in [0.5, 0.6) is 5.75 Å². The number of ether oxygens (including phenoxy) is 1. The Morgan fingerprint density at radius 2 is 1.85 bits per heavy atom. The molecule has 0 radical (unpaired) electrons. The van der Waals surface area contributed by atoms with Gasteiger partial charge in [-0.25, -0.2) is 4.98 Å². The van der Waals surface area contributed by atoms with Crippen LogP contribution in [-0.4, -0.2) is 45.3 Å². The molecule has 1 aliphatic carbocycles. The average molecular weight is 447 g/mol. The second-order valence-electron chi connectivity index (χ2n) is 9.63. The van der Waals surface area contributed by atoms with Crippen LogP contribution in [0.25, 0.3) is 11.0 Å². The van der Waals surface area contributed by atoms with Gasteiger partial charge in [-0.3, -0.25) is 9.48 Å². The second kappa shape index (κ2) is 9.16. The van der Waals surface area contributed by atoms with Crippen LogP contribution in [0.3, 0.4) is 0 Å². The minimum absolute atomic E-state index is 0.144. The van der Waals surface area contributed by atoms with Gasteiger partial charge in [-0.2, -0.15) is 5.10 Å². The fourth-order valence-electron chi connectivity index (χ4n) is 5.11. The number of likely N-dealkylation sites (tertiary alicyclic amines) is 1. The van der Waals surface area contributed by atoms with Crippen molar-refractivity contribution in [2.75, 3.05) is 19.7 Å². The maximum absolute atomic E-state index is 13.6. The Morgan fingerprint density at radius 3 is 2.52 bits per heavy atom. The average Bonchev–Trinajstić information content (AvgIpc) is 3.64. The van der Waals surface area contributed by atoms with E-state index >= 15 is 0 Å². The van der Waals surface area contributed by atoms with E-state index in [-0.39, 0.29) is 5.91 Å². The minimum atomic E-state index is 0.144. The highest BCUT2D eigenvalue weighted by Crippen LogP contribution is 2.40. The zero-order valence-electron chi connectivity index (χ0n) is 20.0. The number of benzene rings is 1. The molecule has 33 heavy (non-hydrogen) atoms. The molecule has 1 amide bonds. The Bertz CT molecular complexity index is 1140. The maximum Gasteiger partial charge on any atom is 0.254 e. The number of hydrogen-bond donors (Lipinski definition) is 0. The molecule has 6 heteroatoms. The normalized spacial score (nSPS) is 17.0. The lowest BCUT2D eigenvalue weighted by Crippen LogP contribution is -2.38. The molecule has 1 saturated heterocycles. The number of pyridine rings is 1. The summed E-state index contributed by atoms with van der Waals surface area (Å²) in [5.74, 6) is 2.25. The van der Waals surface area contributed by atoms with Crippen molar-refractivity contribution in [2.24, 2.45) is 13.0 Å². The highest BCUT2D eigenvalue weighted by molar-refractivity contribution is 6.06. The molecular formula is C27H34N4O2. The molecule has 3 aromatic rings. The van der Waals surface area contributed by atoms with Crippen molar-refractivity contribution in [3.8, 4) is 5.75 Å². The monoisotopic (exact) mass is 446 g/mol. The Balaban J connectivity index is 1.23. The van der Waals surface area contributed by atoms with E-state index < -0.39 is 0 Å². The third kappa shape index (κ3) is 4.61. The maximum atomic E-state index is 13.6. The highest BCUT2D eigenvalue weighted by atomic mass is 16.5. The van der Waals surface area contributed by atoms with Gasteiger partial charge in [-0.15, -0.1) is 0 Å². The molecule has 174 valence electrons. The summed E-state index contributed by atoms with van der Waals surface area (Å²) in [6.45, 7) is 6.34. The summed E-state index contributed by atoms with van der Waals surface area (Å²) in [7, 11) is 1.92. The molecule has 2 fully saturated rings. The number of rotatable bonds is 7. The Kier molecular flexibility index (Phi) is 6.09. The Morgan fingerprint density at radius 1 is 1.12 bits per heavy atom. The molecule has 5 rings (SSSR count).